The van der Waals surface area contributed by atoms with Gasteiger partial charge in [-0.15, -0.1) is 0 Å². The van der Waals surface area contributed by atoms with Crippen molar-refractivity contribution < 1.29 is 55.7 Å². The number of amides is 6. The van der Waals surface area contributed by atoms with E-state index in [0.29, 0.717) is 57.2 Å². The monoisotopic (exact) mass is 796 g/mol. The summed E-state index contributed by atoms with van der Waals surface area (Å²) in [6.45, 7) is 9.90. The van der Waals surface area contributed by atoms with E-state index >= 15 is 0 Å². The van der Waals surface area contributed by atoms with E-state index in [9.17, 15) is 41.6 Å². The number of alkyl carbamates (subject to hydrolysis) is 1. The number of rotatable bonds is 14. The quantitative estimate of drug-likeness (QED) is 0.158. The molecule has 4 atom stereocenters. The van der Waals surface area contributed by atoms with Crippen LogP contribution >= 0.6 is 0 Å². The van der Waals surface area contributed by atoms with E-state index in [1.807, 2.05) is 0 Å². The predicted octanol–water partition coefficient (Wildman–Crippen LogP) is 3.51. The van der Waals surface area contributed by atoms with E-state index < -0.39 is 68.8 Å². The molecule has 2 aliphatic carbocycles. The lowest BCUT2D eigenvalue weighted by atomic mass is 10.1. The van der Waals surface area contributed by atoms with Gasteiger partial charge in [-0.3, -0.25) is 28.8 Å². The van der Waals surface area contributed by atoms with Gasteiger partial charge in [0.15, 0.2) is 0 Å². The smallest absolute Gasteiger partial charge is 0.408 e. The first-order valence-electron chi connectivity index (χ1n) is 18.3. The Morgan fingerprint density at radius 3 is 2.47 bits per heavy atom. The van der Waals surface area contributed by atoms with Crippen molar-refractivity contribution in [1.82, 2.24) is 24.7 Å². The van der Waals surface area contributed by atoms with E-state index in [1.54, 1.807) is 45.1 Å². The number of nitrogens with one attached hydrogen (secondary N) is 2. The Kier molecular flexibility index (Phi) is 14.1. The maximum Gasteiger partial charge on any atom is 0.408 e. The van der Waals surface area contributed by atoms with E-state index in [2.05, 4.69) is 16.6 Å². The number of nitrogens with two attached hydrogens (primary N) is 1. The molecule has 0 spiro atoms. The highest BCUT2D eigenvalue weighted by molar-refractivity contribution is 7.90. The topological polar surface area (TPSA) is 226 Å². The zero-order valence-corrected chi connectivity index (χ0v) is 32.2. The van der Waals surface area contributed by atoms with E-state index in [-0.39, 0.29) is 48.0 Å². The number of allylic oxidation sites excluding steroid dienone is 1. The summed E-state index contributed by atoms with van der Waals surface area (Å²) in [6, 6.07) is 2.96. The number of fused-ring (bicyclic) bond motifs is 1. The summed E-state index contributed by atoms with van der Waals surface area (Å²) in [4.78, 5) is 77.2. The van der Waals surface area contributed by atoms with Crippen molar-refractivity contribution in [3.05, 3.63) is 60.0 Å². The molecule has 308 valence electrons. The summed E-state index contributed by atoms with van der Waals surface area (Å²) in [5, 5.41) is 10.8. The number of likely N-dealkylation sites (tertiary alicyclic amines) is 1. The maximum atomic E-state index is 13.4. The molecule has 5 rings (SSSR count). The number of nitrogens with zero attached hydrogens (tertiary/aromatic N) is 3. The van der Waals surface area contributed by atoms with Crippen LogP contribution < -0.4 is 15.8 Å². The highest BCUT2D eigenvalue weighted by Crippen LogP contribution is 2.40. The first kappa shape index (κ1) is 42.7. The zero-order valence-electron chi connectivity index (χ0n) is 31.4. The first-order valence-corrected chi connectivity index (χ1v) is 19.8. The number of hydrogen-bond acceptors (Lipinski definition) is 9. The minimum Gasteiger partial charge on any atom is -0.465 e. The molecule has 1 saturated heterocycles. The molecule has 2 aliphatic heterocycles. The third-order valence-electron chi connectivity index (χ3n) is 9.55. The minimum atomic E-state index is -3.59. The number of carboxylic acid groups (broad SMARTS) is 1. The summed E-state index contributed by atoms with van der Waals surface area (Å²) >= 11 is 0. The number of carbonyl (C=O) groups excluding carboxylic acids is 5. The van der Waals surface area contributed by atoms with Crippen LogP contribution in [-0.2, 0) is 47.0 Å². The van der Waals surface area contributed by atoms with Gasteiger partial charge in [-0.05, 0) is 89.3 Å². The Morgan fingerprint density at radius 2 is 1.87 bits per heavy atom. The Labute approximate surface area is 324 Å². The lowest BCUT2D eigenvalue weighted by Gasteiger charge is -2.29. The van der Waals surface area contributed by atoms with Crippen LogP contribution in [0.1, 0.15) is 81.1 Å². The summed E-state index contributed by atoms with van der Waals surface area (Å²) in [5.41, 5.74) is 5.97. The van der Waals surface area contributed by atoms with Crippen LogP contribution in [0.15, 0.2) is 43.0 Å². The second kappa shape index (κ2) is 18.1. The molecule has 0 bridgehead atoms. The molecule has 0 radical (unpaired) electrons. The molecule has 0 aromatic heterocycles. The van der Waals surface area contributed by atoms with Gasteiger partial charge in [0.1, 0.15) is 23.5 Å². The van der Waals surface area contributed by atoms with Crippen molar-refractivity contribution in [1.29, 1.82) is 0 Å². The largest absolute Gasteiger partial charge is 0.465 e. The van der Waals surface area contributed by atoms with Crippen LogP contribution in [0, 0.1) is 17.7 Å². The molecule has 55 heavy (non-hydrogen) atoms. The van der Waals surface area contributed by atoms with Crippen molar-refractivity contribution >= 4 is 45.8 Å². The Morgan fingerprint density at radius 1 is 1.16 bits per heavy atom. The van der Waals surface area contributed by atoms with Crippen molar-refractivity contribution in [2.75, 3.05) is 19.6 Å². The number of carbonyl (C=O) groups is 6. The molecular formula is C37H57FN6O10S. The summed E-state index contributed by atoms with van der Waals surface area (Å²) in [7, 11) is -3.59. The van der Waals surface area contributed by atoms with Gasteiger partial charge in [0.25, 0.3) is 0 Å². The van der Waals surface area contributed by atoms with Crippen LogP contribution in [0.5, 0.6) is 0 Å². The first-order chi connectivity index (χ1) is 25.8. The third-order valence-corrected chi connectivity index (χ3v) is 11.4. The molecule has 1 aromatic rings. The van der Waals surface area contributed by atoms with Gasteiger partial charge in [-0.1, -0.05) is 30.9 Å². The summed E-state index contributed by atoms with van der Waals surface area (Å²) in [5.74, 6) is -2.73. The fraction of sp³-hybridized carbons (Fsp3) is 0.568. The van der Waals surface area contributed by atoms with Gasteiger partial charge in [-0.2, -0.15) is 0 Å². The molecule has 2 heterocycles. The van der Waals surface area contributed by atoms with E-state index in [0.717, 1.165) is 5.56 Å². The Balaban J connectivity index is 0.000000888. The lowest BCUT2D eigenvalue weighted by molar-refractivity contribution is -0.139. The number of benzene rings is 1. The molecular weight excluding hydrogens is 740 g/mol. The number of halogens is 1. The van der Waals surface area contributed by atoms with E-state index in [1.165, 1.54) is 26.8 Å². The SMILES string of the molecule is C=CC(=O)N(C/C=C\[C@@H]1C[C@@H]1C(=O)NS(=O)(=O)C1CC1)CCC[C@H](NC(=O)OC(C)(C)C)C(=O)N1CCCC1C(N)=O.O=C(O)N1Cc2cccc(F)c2C1.[HH].[HH].[HH]. The van der Waals surface area contributed by atoms with E-state index in [4.69, 9.17) is 15.6 Å². The molecule has 6 amide bonds. The lowest BCUT2D eigenvalue weighted by Crippen LogP contribution is -2.53. The molecule has 16 nitrogen and oxygen atoms in total. The van der Waals surface area contributed by atoms with Crippen molar-refractivity contribution in [2.24, 2.45) is 17.6 Å². The fourth-order valence-electron chi connectivity index (χ4n) is 6.43. The van der Waals surface area contributed by atoms with Gasteiger partial charge in [0.2, 0.25) is 33.7 Å². The molecule has 18 heteroatoms. The van der Waals surface area contributed by atoms with Gasteiger partial charge in [0, 0.05) is 41.9 Å². The average molecular weight is 797 g/mol. The molecule has 1 aromatic carbocycles. The van der Waals surface area contributed by atoms with Crippen LogP contribution in [0.25, 0.3) is 0 Å². The van der Waals surface area contributed by atoms with Gasteiger partial charge in [-0.25, -0.2) is 22.4 Å². The van der Waals surface area contributed by atoms with Crippen LogP contribution in [-0.4, -0.2) is 107 Å². The zero-order chi connectivity index (χ0) is 40.7. The summed E-state index contributed by atoms with van der Waals surface area (Å²) in [6.07, 6.45) is 6.19. The van der Waals surface area contributed by atoms with Crippen LogP contribution in [0.2, 0.25) is 0 Å². The van der Waals surface area contributed by atoms with Gasteiger partial charge in [0.05, 0.1) is 11.8 Å². The second-order valence-corrected chi connectivity index (χ2v) is 17.0. The highest BCUT2D eigenvalue weighted by Gasteiger charge is 2.45. The predicted molar refractivity (Wildman–Crippen MR) is 204 cm³/mol. The van der Waals surface area contributed by atoms with Crippen molar-refractivity contribution in [3.63, 3.8) is 0 Å². The molecule has 1 unspecified atom stereocenters. The van der Waals surface area contributed by atoms with Gasteiger partial charge < -0.3 is 30.7 Å². The van der Waals surface area contributed by atoms with Crippen molar-refractivity contribution in [2.45, 2.75) is 102 Å². The van der Waals surface area contributed by atoms with Crippen molar-refractivity contribution in [3.8, 4) is 0 Å². The number of hydrogen-bond donors (Lipinski definition) is 4. The fourth-order valence-corrected chi connectivity index (χ4v) is 7.78. The Hall–Kier alpha value is -5.00. The molecule has 4 aliphatic rings. The van der Waals surface area contributed by atoms with Crippen LogP contribution in [0.4, 0.5) is 14.0 Å². The normalized spacial score (nSPS) is 20.8. The number of ether oxygens (including phenoxy) is 1. The molecule has 5 N–H and O–H groups in total. The second-order valence-electron chi connectivity index (χ2n) is 15.1. The number of sulfonamides is 1. The molecule has 3 fully saturated rings. The third kappa shape index (κ3) is 12.2. The molecule has 2 saturated carbocycles. The summed E-state index contributed by atoms with van der Waals surface area (Å²) < 4.78 is 44.6. The average Bonchev–Trinajstić information content (AvgIpc) is 4.00. The van der Waals surface area contributed by atoms with Gasteiger partial charge >= 0.3 is 12.2 Å². The van der Waals surface area contributed by atoms with Crippen LogP contribution in [0.3, 0.4) is 0 Å². The minimum absolute atomic E-state index is 0. The Bertz CT molecular complexity index is 1810. The number of primary amides is 1. The highest BCUT2D eigenvalue weighted by atomic mass is 32.2. The maximum absolute atomic E-state index is 13.4. The standard InChI is InChI=1S/C28H43N5O8S.C9H8FNO2.3H2/c1-5-23(34)32(14-6-9-18-17-20(18)25(36)31-42(39,40)19-12-13-19)15-7-10-21(30-27(38)41-28(2,3)4)26(37)33-16-8-11-22(33)24(29)35;10-8-3-1-2-6-4-11(9(12)13)5-7(6)8;;;/h5-6,9,18-22H,1,7-8,10-17H2,2-4H3,(H2,29,35)(H,30,38)(H,31,36);1-3H,4-5H2,(H,12,13);3*1H/b9-6-;;;;/t18-,20+,21+,22?;;;;/m1..../s1.